The molecule has 2 rings (SSSR count). The van der Waals surface area contributed by atoms with Crippen LogP contribution >= 0.6 is 0 Å². The number of anilines is 1. The monoisotopic (exact) mass is 276 g/mol. The largest absolute Gasteiger partial charge is 0.396 e. The van der Waals surface area contributed by atoms with E-state index in [-0.39, 0.29) is 18.0 Å². The molecule has 1 aromatic heterocycles. The Kier molecular flexibility index (Phi) is 4.48. The second kappa shape index (κ2) is 6.30. The first-order valence-electron chi connectivity index (χ1n) is 6.57. The van der Waals surface area contributed by atoms with Crippen molar-refractivity contribution in [2.45, 2.75) is 19.3 Å². The number of nitrogens with zero attached hydrogens (tertiary/aromatic N) is 4. The van der Waals surface area contributed by atoms with Gasteiger partial charge >= 0.3 is 5.69 Å². The molecule has 0 radical (unpaired) electrons. The van der Waals surface area contributed by atoms with Gasteiger partial charge < -0.3 is 10.0 Å². The van der Waals surface area contributed by atoms with Gasteiger partial charge in [-0.3, -0.25) is 10.1 Å². The molecule has 1 saturated heterocycles. The Hall–Kier alpha value is -2.20. The van der Waals surface area contributed by atoms with Crippen molar-refractivity contribution in [1.29, 1.82) is 5.26 Å². The fraction of sp³-hybridized carbons (Fsp3) is 0.538. The molecule has 106 valence electrons. The minimum absolute atomic E-state index is 0.156. The van der Waals surface area contributed by atoms with Crippen LogP contribution in [-0.4, -0.2) is 34.7 Å². The van der Waals surface area contributed by atoms with Crippen LogP contribution in [0.3, 0.4) is 0 Å². The highest BCUT2D eigenvalue weighted by atomic mass is 16.6. The Morgan fingerprint density at radius 1 is 1.60 bits per heavy atom. The normalized spacial score (nSPS) is 18.6. The molecule has 7 heteroatoms. The number of rotatable bonds is 4. The van der Waals surface area contributed by atoms with Gasteiger partial charge in [-0.25, -0.2) is 4.98 Å². The van der Waals surface area contributed by atoms with Gasteiger partial charge in [0.25, 0.3) is 0 Å². The summed E-state index contributed by atoms with van der Waals surface area (Å²) in [5.74, 6) is 0.992. The smallest absolute Gasteiger partial charge is 0.305 e. The maximum Gasteiger partial charge on any atom is 0.305 e. The van der Waals surface area contributed by atoms with Gasteiger partial charge in [0.1, 0.15) is 11.9 Å². The van der Waals surface area contributed by atoms with Gasteiger partial charge in [0.2, 0.25) is 5.69 Å². The molecule has 0 aliphatic carbocycles. The van der Waals surface area contributed by atoms with Gasteiger partial charge in [-0.2, -0.15) is 5.26 Å². The van der Waals surface area contributed by atoms with Crippen molar-refractivity contribution < 1.29 is 10.0 Å². The Bertz CT molecular complexity index is 539. The lowest BCUT2D eigenvalue weighted by Gasteiger charge is -2.33. The van der Waals surface area contributed by atoms with Crippen LogP contribution < -0.4 is 4.90 Å². The van der Waals surface area contributed by atoms with Crippen LogP contribution in [0.1, 0.15) is 25.0 Å². The molecule has 1 aromatic rings. The summed E-state index contributed by atoms with van der Waals surface area (Å²) in [5.41, 5.74) is -0.419. The first-order valence-corrected chi connectivity index (χ1v) is 6.57. The topological polar surface area (TPSA) is 103 Å². The van der Waals surface area contributed by atoms with Gasteiger partial charge in [0.05, 0.1) is 4.92 Å². The lowest BCUT2D eigenvalue weighted by molar-refractivity contribution is -0.385. The third-order valence-electron chi connectivity index (χ3n) is 3.54. The van der Waals surface area contributed by atoms with Crippen LogP contribution in [-0.2, 0) is 0 Å². The van der Waals surface area contributed by atoms with Gasteiger partial charge in [-0.1, -0.05) is 0 Å². The molecule has 0 saturated carbocycles. The molecule has 1 aliphatic heterocycles. The molecule has 1 N–H and O–H groups in total. The summed E-state index contributed by atoms with van der Waals surface area (Å²) >= 11 is 0. The summed E-state index contributed by atoms with van der Waals surface area (Å²) in [4.78, 5) is 16.3. The summed E-state index contributed by atoms with van der Waals surface area (Å²) in [6, 6.07) is 4.69. The SMILES string of the molecule is N#Cc1nc(N2CCCC(CCO)C2)ccc1[N+](=O)[O-]. The first kappa shape index (κ1) is 14.2. The van der Waals surface area contributed by atoms with Crippen LogP contribution in [0.4, 0.5) is 11.5 Å². The standard InChI is InChI=1S/C13H16N4O3/c14-8-11-12(17(19)20)3-4-13(15-11)16-6-1-2-10(9-16)5-7-18/h3-4,10,18H,1-2,5-7,9H2. The van der Waals surface area contributed by atoms with E-state index in [1.54, 1.807) is 12.1 Å². The van der Waals surface area contributed by atoms with E-state index in [9.17, 15) is 10.1 Å². The summed E-state index contributed by atoms with van der Waals surface area (Å²) in [6.45, 7) is 1.74. The number of nitriles is 1. The minimum Gasteiger partial charge on any atom is -0.396 e. The van der Waals surface area contributed by atoms with E-state index in [1.807, 2.05) is 4.90 Å². The van der Waals surface area contributed by atoms with E-state index < -0.39 is 4.92 Å². The number of aromatic nitrogens is 1. The van der Waals surface area contributed by atoms with Crippen LogP contribution in [0.5, 0.6) is 0 Å². The third-order valence-corrected chi connectivity index (χ3v) is 3.54. The molecule has 1 fully saturated rings. The first-order chi connectivity index (χ1) is 9.65. The quantitative estimate of drug-likeness (QED) is 0.659. The fourth-order valence-electron chi connectivity index (χ4n) is 2.54. The zero-order valence-corrected chi connectivity index (χ0v) is 11.0. The fourth-order valence-corrected chi connectivity index (χ4v) is 2.54. The molecule has 1 unspecified atom stereocenters. The van der Waals surface area contributed by atoms with Gasteiger partial charge in [0, 0.05) is 25.8 Å². The Morgan fingerprint density at radius 2 is 2.40 bits per heavy atom. The number of hydrogen-bond donors (Lipinski definition) is 1. The van der Waals surface area contributed by atoms with Crippen molar-refractivity contribution in [3.05, 3.63) is 27.9 Å². The number of aliphatic hydroxyl groups excluding tert-OH is 1. The Morgan fingerprint density at radius 3 is 3.05 bits per heavy atom. The van der Waals surface area contributed by atoms with Crippen LogP contribution in [0.25, 0.3) is 0 Å². The molecule has 0 aromatic carbocycles. The highest BCUT2D eigenvalue weighted by molar-refractivity contribution is 5.51. The van der Waals surface area contributed by atoms with E-state index in [1.165, 1.54) is 6.07 Å². The lowest BCUT2D eigenvalue weighted by atomic mass is 9.95. The second-order valence-electron chi connectivity index (χ2n) is 4.87. The highest BCUT2D eigenvalue weighted by Gasteiger charge is 2.23. The van der Waals surface area contributed by atoms with Crippen molar-refractivity contribution >= 4 is 11.5 Å². The summed E-state index contributed by atoms with van der Waals surface area (Å²) in [7, 11) is 0. The molecule has 1 aliphatic rings. The lowest BCUT2D eigenvalue weighted by Crippen LogP contribution is -2.36. The van der Waals surface area contributed by atoms with Gasteiger partial charge in [-0.05, 0) is 31.2 Å². The molecule has 1 atom stereocenters. The summed E-state index contributed by atoms with van der Waals surface area (Å²) < 4.78 is 0. The van der Waals surface area contributed by atoms with Gasteiger partial charge in [-0.15, -0.1) is 0 Å². The van der Waals surface area contributed by atoms with E-state index in [4.69, 9.17) is 10.4 Å². The van der Waals surface area contributed by atoms with E-state index in [0.717, 1.165) is 32.4 Å². The van der Waals surface area contributed by atoms with Crippen LogP contribution in [0.15, 0.2) is 12.1 Å². The third kappa shape index (κ3) is 3.03. The zero-order chi connectivity index (χ0) is 14.5. The molecule has 20 heavy (non-hydrogen) atoms. The summed E-state index contributed by atoms with van der Waals surface area (Å²) in [5, 5.41) is 28.7. The van der Waals surface area contributed by atoms with Gasteiger partial charge in [0.15, 0.2) is 0 Å². The molecular formula is C13H16N4O3. The van der Waals surface area contributed by atoms with Crippen molar-refractivity contribution in [3.63, 3.8) is 0 Å². The molecule has 0 bridgehead atoms. The molecule has 0 spiro atoms. The Balaban J connectivity index is 2.20. The molecule has 0 amide bonds. The number of aliphatic hydroxyl groups is 1. The van der Waals surface area contributed by atoms with E-state index in [2.05, 4.69) is 4.98 Å². The van der Waals surface area contributed by atoms with E-state index in [0.29, 0.717) is 11.7 Å². The molecule has 7 nitrogen and oxygen atoms in total. The van der Waals surface area contributed by atoms with Crippen molar-refractivity contribution in [1.82, 2.24) is 4.98 Å². The summed E-state index contributed by atoms with van der Waals surface area (Å²) in [6.07, 6.45) is 2.80. The number of nitro groups is 1. The van der Waals surface area contributed by atoms with Crippen molar-refractivity contribution in [3.8, 4) is 6.07 Å². The highest BCUT2D eigenvalue weighted by Crippen LogP contribution is 2.26. The minimum atomic E-state index is -0.597. The average Bonchev–Trinajstić information content (AvgIpc) is 2.47. The second-order valence-corrected chi connectivity index (χ2v) is 4.87. The zero-order valence-electron chi connectivity index (χ0n) is 11.0. The van der Waals surface area contributed by atoms with Crippen molar-refractivity contribution in [2.75, 3.05) is 24.6 Å². The maximum atomic E-state index is 10.8. The molecule has 2 heterocycles. The Labute approximate surface area is 116 Å². The van der Waals surface area contributed by atoms with E-state index >= 15 is 0 Å². The average molecular weight is 276 g/mol. The maximum absolute atomic E-state index is 10.8. The predicted molar refractivity (Wildman–Crippen MR) is 72.2 cm³/mol. The predicted octanol–water partition coefficient (Wildman–Crippen LogP) is 1.46. The number of hydrogen-bond acceptors (Lipinski definition) is 6. The van der Waals surface area contributed by atoms with Crippen LogP contribution in [0.2, 0.25) is 0 Å². The molecular weight excluding hydrogens is 260 g/mol. The number of pyridine rings is 1. The van der Waals surface area contributed by atoms with Crippen molar-refractivity contribution in [2.24, 2.45) is 5.92 Å². The van der Waals surface area contributed by atoms with Crippen LogP contribution in [0, 0.1) is 27.4 Å². The number of piperidine rings is 1.